The van der Waals surface area contributed by atoms with E-state index in [0.29, 0.717) is 4.21 Å². The highest BCUT2D eigenvalue weighted by Crippen LogP contribution is 2.35. The summed E-state index contributed by atoms with van der Waals surface area (Å²) < 4.78 is 29.5. The molecule has 1 aromatic rings. The summed E-state index contributed by atoms with van der Waals surface area (Å²) in [6, 6.07) is 0. The van der Waals surface area contributed by atoms with E-state index in [9.17, 15) is 8.42 Å². The van der Waals surface area contributed by atoms with E-state index < -0.39 is 10.0 Å². The molecule has 0 bridgehead atoms. The highest BCUT2D eigenvalue weighted by atomic mass is 32.2. The molecule has 0 fully saturated rings. The molecule has 0 aliphatic heterocycles. The number of anilines is 1. The molecule has 0 amide bonds. The van der Waals surface area contributed by atoms with Crippen LogP contribution < -0.4 is 5.73 Å². The van der Waals surface area contributed by atoms with Crippen molar-refractivity contribution in [3.63, 3.8) is 0 Å². The predicted molar refractivity (Wildman–Crippen MR) is 63.8 cm³/mol. The van der Waals surface area contributed by atoms with Crippen molar-refractivity contribution in [3.05, 3.63) is 0 Å². The van der Waals surface area contributed by atoms with E-state index in [0.717, 1.165) is 21.6 Å². The lowest BCUT2D eigenvalue weighted by Gasteiger charge is -2.11. The summed E-state index contributed by atoms with van der Waals surface area (Å²) in [4.78, 5) is 0.143. The van der Waals surface area contributed by atoms with Gasteiger partial charge >= 0.3 is 0 Å². The SMILES string of the molecule is CCSc1snc(N)c1S(=O)(=O)N(C)C. The molecule has 0 saturated carbocycles. The smallest absolute Gasteiger partial charge is 0.248 e. The minimum Gasteiger partial charge on any atom is -0.382 e. The molecule has 2 N–H and O–H groups in total. The van der Waals surface area contributed by atoms with Crippen molar-refractivity contribution in [1.82, 2.24) is 8.68 Å². The first kappa shape index (κ1) is 12.8. The molecule has 15 heavy (non-hydrogen) atoms. The van der Waals surface area contributed by atoms with Crippen molar-refractivity contribution in [2.24, 2.45) is 0 Å². The fourth-order valence-electron chi connectivity index (χ4n) is 0.921. The van der Waals surface area contributed by atoms with Gasteiger partial charge in [0.15, 0.2) is 10.7 Å². The van der Waals surface area contributed by atoms with E-state index in [-0.39, 0.29) is 10.7 Å². The quantitative estimate of drug-likeness (QED) is 0.826. The zero-order valence-corrected chi connectivity index (χ0v) is 11.2. The van der Waals surface area contributed by atoms with Gasteiger partial charge in [0, 0.05) is 14.1 Å². The van der Waals surface area contributed by atoms with E-state index in [1.54, 1.807) is 0 Å². The van der Waals surface area contributed by atoms with E-state index in [1.165, 1.54) is 25.9 Å². The molecule has 0 spiro atoms. The number of rotatable bonds is 4. The van der Waals surface area contributed by atoms with Gasteiger partial charge in [-0.25, -0.2) is 12.7 Å². The molecule has 8 heteroatoms. The second kappa shape index (κ2) is 4.69. The Labute approximate surface area is 97.9 Å². The van der Waals surface area contributed by atoms with Crippen LogP contribution in [0.1, 0.15) is 6.92 Å². The molecular weight excluding hydrogens is 254 g/mol. The van der Waals surface area contributed by atoms with Gasteiger partial charge in [0.05, 0.1) is 0 Å². The minimum absolute atomic E-state index is 0.0876. The maximum absolute atomic E-state index is 11.9. The molecule has 0 unspecified atom stereocenters. The zero-order valence-electron chi connectivity index (χ0n) is 8.72. The lowest BCUT2D eigenvalue weighted by atomic mass is 10.7. The standard InChI is InChI=1S/C7H13N3O2S3/c1-4-13-7-5(6(8)9-14-7)15(11,12)10(2)3/h4H2,1-3H3,(H2,8,9). The summed E-state index contributed by atoms with van der Waals surface area (Å²) in [5, 5.41) is 0. The average Bonchev–Trinajstić information content (AvgIpc) is 2.48. The van der Waals surface area contributed by atoms with Crippen molar-refractivity contribution < 1.29 is 8.42 Å². The Morgan fingerprint density at radius 3 is 2.60 bits per heavy atom. The van der Waals surface area contributed by atoms with Crippen LogP contribution in [0.15, 0.2) is 9.10 Å². The third kappa shape index (κ3) is 2.44. The molecule has 1 heterocycles. The molecule has 0 radical (unpaired) electrons. The first-order chi connectivity index (χ1) is 6.91. The molecule has 5 nitrogen and oxygen atoms in total. The molecule has 0 atom stereocenters. The first-order valence-electron chi connectivity index (χ1n) is 4.21. The van der Waals surface area contributed by atoms with Crippen molar-refractivity contribution in [1.29, 1.82) is 0 Å². The fourth-order valence-corrected chi connectivity index (χ4v) is 4.42. The van der Waals surface area contributed by atoms with Gasteiger partial charge in [0.2, 0.25) is 10.0 Å². The lowest BCUT2D eigenvalue weighted by molar-refractivity contribution is 0.520. The van der Waals surface area contributed by atoms with Gasteiger partial charge in [-0.1, -0.05) is 6.92 Å². The first-order valence-corrected chi connectivity index (χ1v) is 7.41. The second-order valence-electron chi connectivity index (χ2n) is 2.90. The van der Waals surface area contributed by atoms with Crippen LogP contribution in [0.3, 0.4) is 0 Å². The molecule has 1 aromatic heterocycles. The Bertz CT molecular complexity index is 438. The number of aromatic nitrogens is 1. The normalized spacial score (nSPS) is 12.3. The number of nitrogen functional groups attached to an aromatic ring is 1. The van der Waals surface area contributed by atoms with Gasteiger partial charge in [-0.2, -0.15) is 4.37 Å². The summed E-state index contributed by atoms with van der Waals surface area (Å²) in [5.74, 6) is 0.877. The number of nitrogens with zero attached hydrogens (tertiary/aromatic N) is 2. The van der Waals surface area contributed by atoms with Gasteiger partial charge < -0.3 is 5.73 Å². The molecule has 0 aromatic carbocycles. The van der Waals surface area contributed by atoms with Crippen molar-refractivity contribution in [2.75, 3.05) is 25.6 Å². The molecule has 1 rings (SSSR count). The minimum atomic E-state index is -3.48. The van der Waals surface area contributed by atoms with Gasteiger partial charge in [-0.3, -0.25) is 0 Å². The zero-order chi connectivity index (χ0) is 11.6. The largest absolute Gasteiger partial charge is 0.382 e. The number of hydrogen-bond donors (Lipinski definition) is 1. The lowest BCUT2D eigenvalue weighted by Crippen LogP contribution is -2.23. The molecule has 0 saturated heterocycles. The predicted octanol–water partition coefficient (Wildman–Crippen LogP) is 1.09. The number of sulfonamides is 1. The van der Waals surface area contributed by atoms with Crippen LogP contribution in [0.4, 0.5) is 5.82 Å². The van der Waals surface area contributed by atoms with Gasteiger partial charge in [-0.15, -0.1) is 11.8 Å². The van der Waals surface area contributed by atoms with E-state index in [1.807, 2.05) is 6.92 Å². The monoisotopic (exact) mass is 267 g/mol. The van der Waals surface area contributed by atoms with Crippen LogP contribution in [0, 0.1) is 0 Å². The van der Waals surface area contributed by atoms with Gasteiger partial charge in [0.1, 0.15) is 4.21 Å². The topological polar surface area (TPSA) is 76.3 Å². The highest BCUT2D eigenvalue weighted by molar-refractivity contribution is 8.01. The average molecular weight is 267 g/mol. The Morgan fingerprint density at radius 2 is 2.13 bits per heavy atom. The molecular formula is C7H13N3O2S3. The van der Waals surface area contributed by atoms with Crippen molar-refractivity contribution in [3.8, 4) is 0 Å². The third-order valence-electron chi connectivity index (χ3n) is 1.66. The van der Waals surface area contributed by atoms with Crippen LogP contribution in [0.25, 0.3) is 0 Å². The fraction of sp³-hybridized carbons (Fsp3) is 0.571. The maximum atomic E-state index is 11.9. The molecule has 0 aliphatic carbocycles. The van der Waals surface area contributed by atoms with E-state index in [2.05, 4.69) is 4.37 Å². The Hall–Kier alpha value is -0.310. The van der Waals surface area contributed by atoms with E-state index in [4.69, 9.17) is 5.73 Å². The van der Waals surface area contributed by atoms with Gasteiger partial charge in [-0.05, 0) is 17.3 Å². The molecule has 86 valence electrons. The van der Waals surface area contributed by atoms with Crippen molar-refractivity contribution >= 4 is 39.1 Å². The summed E-state index contributed by atoms with van der Waals surface area (Å²) in [5.41, 5.74) is 5.58. The number of thioether (sulfide) groups is 1. The Morgan fingerprint density at radius 1 is 1.53 bits per heavy atom. The van der Waals surface area contributed by atoms with E-state index >= 15 is 0 Å². The highest BCUT2D eigenvalue weighted by Gasteiger charge is 2.27. The van der Waals surface area contributed by atoms with Crippen LogP contribution in [0.5, 0.6) is 0 Å². The van der Waals surface area contributed by atoms with Crippen LogP contribution in [-0.2, 0) is 10.0 Å². The van der Waals surface area contributed by atoms with Crippen molar-refractivity contribution in [2.45, 2.75) is 16.0 Å². The third-order valence-corrected chi connectivity index (χ3v) is 5.80. The van der Waals surface area contributed by atoms with Crippen LogP contribution >= 0.6 is 23.3 Å². The Balaban J connectivity index is 3.29. The number of nitrogens with two attached hydrogens (primary N) is 1. The maximum Gasteiger partial charge on any atom is 0.248 e. The van der Waals surface area contributed by atoms with Crippen LogP contribution in [0.2, 0.25) is 0 Å². The Kier molecular flexibility index (Phi) is 3.99. The second-order valence-corrected chi connectivity index (χ2v) is 7.30. The summed E-state index contributed by atoms with van der Waals surface area (Å²) in [7, 11) is -0.524. The summed E-state index contributed by atoms with van der Waals surface area (Å²) >= 11 is 2.56. The summed E-state index contributed by atoms with van der Waals surface area (Å²) in [6.07, 6.45) is 0. The van der Waals surface area contributed by atoms with Crippen LogP contribution in [-0.4, -0.2) is 36.9 Å². The molecule has 0 aliphatic rings. The van der Waals surface area contributed by atoms with Gasteiger partial charge in [0.25, 0.3) is 0 Å². The number of hydrogen-bond acceptors (Lipinski definition) is 6. The summed E-state index contributed by atoms with van der Waals surface area (Å²) in [6.45, 7) is 1.95.